The van der Waals surface area contributed by atoms with Crippen LogP contribution in [0.25, 0.3) is 0 Å². The Balaban J connectivity index is 2.11. The Morgan fingerprint density at radius 1 is 1.57 bits per heavy atom. The molecule has 0 unspecified atom stereocenters. The average Bonchev–Trinajstić information content (AvgIpc) is 2.65. The van der Waals surface area contributed by atoms with Crippen LogP contribution in [0.5, 0.6) is 0 Å². The van der Waals surface area contributed by atoms with Crippen molar-refractivity contribution < 1.29 is 14.0 Å². The van der Waals surface area contributed by atoms with E-state index in [-0.39, 0.29) is 11.7 Å². The molecule has 1 aromatic rings. The van der Waals surface area contributed by atoms with Gasteiger partial charge in [-0.3, -0.25) is 9.63 Å². The molecule has 2 heterocycles. The molecule has 0 spiro atoms. The molecule has 1 aliphatic heterocycles. The molecule has 14 heavy (non-hydrogen) atoms. The predicted octanol–water partition coefficient (Wildman–Crippen LogP) is 1.15. The summed E-state index contributed by atoms with van der Waals surface area (Å²) in [6.45, 7) is 2.96. The Bertz CT molecular complexity index is 329. The predicted molar refractivity (Wildman–Crippen MR) is 47.5 cm³/mol. The van der Waals surface area contributed by atoms with Crippen molar-refractivity contribution in [1.29, 1.82) is 0 Å². The van der Waals surface area contributed by atoms with Crippen molar-refractivity contribution in [2.24, 2.45) is 0 Å². The number of rotatable bonds is 1. The van der Waals surface area contributed by atoms with E-state index in [4.69, 9.17) is 9.25 Å². The second-order valence-corrected chi connectivity index (χ2v) is 3.21. The number of carbonyl (C=O) groups excluding carboxylic acids is 1. The van der Waals surface area contributed by atoms with Crippen LogP contribution in [0, 0.1) is 6.92 Å². The minimum absolute atomic E-state index is 0.236. The van der Waals surface area contributed by atoms with Gasteiger partial charge in [0, 0.05) is 6.54 Å². The van der Waals surface area contributed by atoms with Crippen molar-refractivity contribution in [2.45, 2.75) is 19.8 Å². The second-order valence-electron chi connectivity index (χ2n) is 3.21. The van der Waals surface area contributed by atoms with Crippen molar-refractivity contribution in [3.8, 4) is 0 Å². The first-order chi connectivity index (χ1) is 6.79. The van der Waals surface area contributed by atoms with Gasteiger partial charge in [0.25, 0.3) is 0 Å². The quantitative estimate of drug-likeness (QED) is 0.676. The highest BCUT2D eigenvalue weighted by atomic mass is 16.7. The normalized spacial score (nSPS) is 17.1. The summed E-state index contributed by atoms with van der Waals surface area (Å²) < 4.78 is 5.00. The molecule has 1 aliphatic rings. The third-order valence-electron chi connectivity index (χ3n) is 2.17. The Kier molecular flexibility index (Phi) is 2.49. The third-order valence-corrected chi connectivity index (χ3v) is 2.17. The molecule has 0 atom stereocenters. The number of aromatic nitrogens is 1. The zero-order chi connectivity index (χ0) is 9.97. The van der Waals surface area contributed by atoms with Gasteiger partial charge < -0.3 is 4.42 Å². The van der Waals surface area contributed by atoms with Gasteiger partial charge in [0.1, 0.15) is 0 Å². The number of hydrogen-bond acceptors (Lipinski definition) is 4. The fraction of sp³-hybridized carbons (Fsp3) is 0.556. The molecule has 2 rings (SSSR count). The molecule has 0 N–H and O–H groups in total. The summed E-state index contributed by atoms with van der Waals surface area (Å²) in [5.74, 6) is 0.0339. The van der Waals surface area contributed by atoms with Crippen LogP contribution in [-0.2, 0) is 4.84 Å². The Morgan fingerprint density at radius 3 is 3.00 bits per heavy atom. The summed E-state index contributed by atoms with van der Waals surface area (Å²) in [6.07, 6.45) is 3.24. The maximum Gasteiger partial charge on any atom is 0.315 e. The summed E-state index contributed by atoms with van der Waals surface area (Å²) in [4.78, 5) is 20.8. The molecule has 1 fully saturated rings. The first-order valence-electron chi connectivity index (χ1n) is 4.64. The Morgan fingerprint density at radius 2 is 2.43 bits per heavy atom. The summed E-state index contributed by atoms with van der Waals surface area (Å²) in [6, 6.07) is 0. The van der Waals surface area contributed by atoms with E-state index < -0.39 is 0 Å². The minimum atomic E-state index is -0.236. The van der Waals surface area contributed by atoms with Gasteiger partial charge in [0.15, 0.2) is 6.39 Å². The Hall–Kier alpha value is -1.36. The molecular weight excluding hydrogens is 184 g/mol. The van der Waals surface area contributed by atoms with Crippen LogP contribution in [0.1, 0.15) is 29.1 Å². The first-order valence-corrected chi connectivity index (χ1v) is 4.64. The lowest BCUT2D eigenvalue weighted by Crippen LogP contribution is -2.35. The number of oxazole rings is 1. The van der Waals surface area contributed by atoms with E-state index in [0.29, 0.717) is 18.8 Å². The molecule has 76 valence electrons. The molecule has 0 radical (unpaired) electrons. The van der Waals surface area contributed by atoms with Gasteiger partial charge in [-0.25, -0.2) is 10.0 Å². The number of hydroxylamine groups is 2. The highest BCUT2D eigenvalue weighted by Gasteiger charge is 2.23. The van der Waals surface area contributed by atoms with Gasteiger partial charge in [-0.15, -0.1) is 0 Å². The molecule has 0 aliphatic carbocycles. The molecule has 1 amide bonds. The zero-order valence-corrected chi connectivity index (χ0v) is 8.02. The molecule has 5 heteroatoms. The third kappa shape index (κ3) is 1.63. The molecule has 1 aromatic heterocycles. The van der Waals surface area contributed by atoms with E-state index >= 15 is 0 Å². The van der Waals surface area contributed by atoms with Crippen LogP contribution in [-0.4, -0.2) is 29.1 Å². The van der Waals surface area contributed by atoms with Gasteiger partial charge in [0.2, 0.25) is 5.76 Å². The monoisotopic (exact) mass is 196 g/mol. The molecule has 1 saturated heterocycles. The van der Waals surface area contributed by atoms with Crippen LogP contribution >= 0.6 is 0 Å². The molecule has 5 nitrogen and oxygen atoms in total. The van der Waals surface area contributed by atoms with Crippen molar-refractivity contribution in [2.75, 3.05) is 13.2 Å². The van der Waals surface area contributed by atoms with Gasteiger partial charge in [-0.2, -0.15) is 0 Å². The van der Waals surface area contributed by atoms with Gasteiger partial charge in [-0.05, 0) is 19.8 Å². The van der Waals surface area contributed by atoms with E-state index in [1.807, 2.05) is 0 Å². The highest BCUT2D eigenvalue weighted by Crippen LogP contribution is 2.13. The number of amides is 1. The highest BCUT2D eigenvalue weighted by molar-refractivity contribution is 5.91. The average molecular weight is 196 g/mol. The maximum atomic E-state index is 11.7. The largest absolute Gasteiger partial charge is 0.438 e. The van der Waals surface area contributed by atoms with Crippen molar-refractivity contribution in [3.63, 3.8) is 0 Å². The summed E-state index contributed by atoms with van der Waals surface area (Å²) in [5, 5.41) is 1.34. The molecule has 0 aromatic carbocycles. The number of nitrogens with zero attached hydrogens (tertiary/aromatic N) is 2. The van der Waals surface area contributed by atoms with Crippen LogP contribution in [0.2, 0.25) is 0 Å². The SMILES string of the molecule is Cc1ncoc1C(=O)N1CCCCO1. The molecule has 0 saturated carbocycles. The van der Waals surface area contributed by atoms with Gasteiger partial charge >= 0.3 is 5.91 Å². The van der Waals surface area contributed by atoms with Crippen LogP contribution in [0.4, 0.5) is 0 Å². The second kappa shape index (κ2) is 3.79. The summed E-state index contributed by atoms with van der Waals surface area (Å²) >= 11 is 0. The van der Waals surface area contributed by atoms with E-state index in [1.165, 1.54) is 11.5 Å². The maximum absolute atomic E-state index is 11.7. The van der Waals surface area contributed by atoms with E-state index in [1.54, 1.807) is 6.92 Å². The van der Waals surface area contributed by atoms with Crippen LogP contribution in [0.15, 0.2) is 10.8 Å². The van der Waals surface area contributed by atoms with E-state index in [0.717, 1.165) is 12.8 Å². The topological polar surface area (TPSA) is 55.6 Å². The van der Waals surface area contributed by atoms with Gasteiger partial charge in [-0.1, -0.05) is 0 Å². The molecule has 0 bridgehead atoms. The fourth-order valence-electron chi connectivity index (χ4n) is 1.38. The van der Waals surface area contributed by atoms with Crippen molar-refractivity contribution in [3.05, 3.63) is 17.8 Å². The number of carbonyl (C=O) groups is 1. The van der Waals surface area contributed by atoms with Crippen molar-refractivity contribution >= 4 is 5.91 Å². The number of hydrogen-bond donors (Lipinski definition) is 0. The van der Waals surface area contributed by atoms with Crippen LogP contribution < -0.4 is 0 Å². The lowest BCUT2D eigenvalue weighted by Gasteiger charge is -2.24. The fourth-order valence-corrected chi connectivity index (χ4v) is 1.38. The zero-order valence-electron chi connectivity index (χ0n) is 8.02. The standard InChI is InChI=1S/C9H12N2O3/c1-7-8(13-6-10-7)9(12)11-4-2-3-5-14-11/h6H,2-5H2,1H3. The smallest absolute Gasteiger partial charge is 0.315 e. The van der Waals surface area contributed by atoms with E-state index in [9.17, 15) is 4.79 Å². The van der Waals surface area contributed by atoms with E-state index in [2.05, 4.69) is 4.98 Å². The number of aryl methyl sites for hydroxylation is 1. The minimum Gasteiger partial charge on any atom is -0.438 e. The first kappa shape index (κ1) is 9.21. The molecular formula is C9H12N2O3. The summed E-state index contributed by atoms with van der Waals surface area (Å²) in [5.41, 5.74) is 0.601. The van der Waals surface area contributed by atoms with Crippen LogP contribution in [0.3, 0.4) is 0 Å². The summed E-state index contributed by atoms with van der Waals surface area (Å²) in [7, 11) is 0. The van der Waals surface area contributed by atoms with Gasteiger partial charge in [0.05, 0.1) is 12.3 Å². The lowest BCUT2D eigenvalue weighted by molar-refractivity contribution is -0.145. The lowest BCUT2D eigenvalue weighted by atomic mass is 10.3. The Labute approximate surface area is 81.6 Å². The van der Waals surface area contributed by atoms with Crippen molar-refractivity contribution in [1.82, 2.24) is 10.0 Å².